The van der Waals surface area contributed by atoms with Crippen molar-refractivity contribution < 1.29 is 5.11 Å². The molecule has 0 aliphatic rings. The summed E-state index contributed by atoms with van der Waals surface area (Å²) in [7, 11) is 0. The van der Waals surface area contributed by atoms with Gasteiger partial charge < -0.3 is 10.1 Å². The van der Waals surface area contributed by atoms with Crippen molar-refractivity contribution in [3.05, 3.63) is 64.3 Å². The van der Waals surface area contributed by atoms with E-state index >= 15 is 0 Å². The average Bonchev–Trinajstić information content (AvgIpc) is 2.38. The predicted octanol–water partition coefficient (Wildman–Crippen LogP) is 3.21. The number of fused-ring (bicyclic) bond motifs is 1. The monoisotopic (exact) mass is 251 g/mol. The summed E-state index contributed by atoms with van der Waals surface area (Å²) in [6.07, 6.45) is 0. The molecule has 0 aliphatic heterocycles. The first-order valence-corrected chi connectivity index (χ1v) is 6.08. The SMILES string of the molecule is Cc1cccc(O)c1-c1cc(=O)c2ccccc2[nH]1. The van der Waals surface area contributed by atoms with Crippen LogP contribution in [0.3, 0.4) is 0 Å². The molecule has 0 aliphatic carbocycles. The number of phenolic OH excluding ortho intramolecular Hbond substituents is 1. The first kappa shape index (κ1) is 11.5. The number of phenols is 1. The van der Waals surface area contributed by atoms with Gasteiger partial charge in [0.1, 0.15) is 5.75 Å². The second-order valence-electron chi connectivity index (χ2n) is 4.56. The van der Waals surface area contributed by atoms with Crippen molar-refractivity contribution in [2.45, 2.75) is 6.92 Å². The molecule has 94 valence electrons. The number of pyridine rings is 1. The molecule has 1 heterocycles. The van der Waals surface area contributed by atoms with Crippen LogP contribution >= 0.6 is 0 Å². The maximum Gasteiger partial charge on any atom is 0.190 e. The quantitative estimate of drug-likeness (QED) is 0.697. The topological polar surface area (TPSA) is 53.1 Å². The van der Waals surface area contributed by atoms with E-state index in [2.05, 4.69) is 4.98 Å². The number of hydrogen-bond donors (Lipinski definition) is 2. The summed E-state index contributed by atoms with van der Waals surface area (Å²) in [5.74, 6) is 0.172. The number of hydrogen-bond acceptors (Lipinski definition) is 2. The highest BCUT2D eigenvalue weighted by molar-refractivity contribution is 5.82. The minimum atomic E-state index is -0.0491. The molecule has 3 heteroatoms. The molecule has 0 radical (unpaired) electrons. The van der Waals surface area contributed by atoms with Crippen molar-refractivity contribution in [2.24, 2.45) is 0 Å². The van der Waals surface area contributed by atoms with Gasteiger partial charge in [-0.1, -0.05) is 24.3 Å². The Morgan fingerprint density at radius 2 is 1.84 bits per heavy atom. The molecule has 0 bridgehead atoms. The number of rotatable bonds is 1. The molecule has 0 spiro atoms. The van der Waals surface area contributed by atoms with Crippen molar-refractivity contribution >= 4 is 10.9 Å². The van der Waals surface area contributed by atoms with Gasteiger partial charge in [-0.25, -0.2) is 0 Å². The highest BCUT2D eigenvalue weighted by Gasteiger charge is 2.10. The van der Waals surface area contributed by atoms with Gasteiger partial charge in [0.2, 0.25) is 0 Å². The van der Waals surface area contributed by atoms with Crippen LogP contribution in [0.5, 0.6) is 5.75 Å². The third-order valence-electron chi connectivity index (χ3n) is 3.26. The van der Waals surface area contributed by atoms with Crippen LogP contribution in [-0.4, -0.2) is 10.1 Å². The van der Waals surface area contributed by atoms with Crippen molar-refractivity contribution in [1.82, 2.24) is 4.98 Å². The standard InChI is InChI=1S/C16H13NO2/c1-10-5-4-8-14(18)16(10)13-9-15(19)11-6-2-3-7-12(11)17-13/h2-9,18H,1H3,(H,17,19). The molecule has 0 saturated carbocycles. The van der Waals surface area contributed by atoms with E-state index in [4.69, 9.17) is 0 Å². The lowest BCUT2D eigenvalue weighted by Gasteiger charge is -2.09. The van der Waals surface area contributed by atoms with Crippen molar-refractivity contribution in [3.63, 3.8) is 0 Å². The van der Waals surface area contributed by atoms with Crippen molar-refractivity contribution in [3.8, 4) is 17.0 Å². The van der Waals surface area contributed by atoms with Gasteiger partial charge in [-0.05, 0) is 30.7 Å². The minimum Gasteiger partial charge on any atom is -0.507 e. The zero-order valence-electron chi connectivity index (χ0n) is 10.5. The molecular weight excluding hydrogens is 238 g/mol. The van der Waals surface area contributed by atoms with Crippen molar-refractivity contribution in [1.29, 1.82) is 0 Å². The normalized spacial score (nSPS) is 10.8. The molecule has 2 aromatic carbocycles. The Labute approximate surface area is 110 Å². The lowest BCUT2D eigenvalue weighted by atomic mass is 10.0. The number of benzene rings is 2. The van der Waals surface area contributed by atoms with Gasteiger partial charge in [0.05, 0.1) is 5.69 Å². The smallest absolute Gasteiger partial charge is 0.190 e. The van der Waals surface area contributed by atoms with Crippen LogP contribution < -0.4 is 5.43 Å². The fraction of sp³-hybridized carbons (Fsp3) is 0.0625. The fourth-order valence-corrected chi connectivity index (χ4v) is 2.33. The second kappa shape index (κ2) is 4.28. The number of aromatic amines is 1. The summed E-state index contributed by atoms with van der Waals surface area (Å²) in [4.78, 5) is 15.3. The van der Waals surface area contributed by atoms with Crippen LogP contribution in [0, 0.1) is 6.92 Å². The Bertz CT molecular complexity index is 798. The Morgan fingerprint density at radius 3 is 2.63 bits per heavy atom. The summed E-state index contributed by atoms with van der Waals surface area (Å²) in [5.41, 5.74) is 2.95. The van der Waals surface area contributed by atoms with E-state index < -0.39 is 0 Å². The van der Waals surface area contributed by atoms with Gasteiger partial charge >= 0.3 is 0 Å². The number of para-hydroxylation sites is 1. The molecule has 1 aromatic heterocycles. The number of aromatic hydroxyl groups is 1. The Balaban J connectivity index is 2.35. The summed E-state index contributed by atoms with van der Waals surface area (Å²) >= 11 is 0. The van der Waals surface area contributed by atoms with Gasteiger partial charge in [0.15, 0.2) is 5.43 Å². The first-order valence-electron chi connectivity index (χ1n) is 6.08. The predicted molar refractivity (Wildman–Crippen MR) is 76.4 cm³/mol. The van der Waals surface area contributed by atoms with Crippen LogP contribution in [0.4, 0.5) is 0 Å². The number of H-pyrrole nitrogens is 1. The third-order valence-corrected chi connectivity index (χ3v) is 3.26. The molecule has 0 unspecified atom stereocenters. The van der Waals surface area contributed by atoms with E-state index in [1.54, 1.807) is 18.2 Å². The molecule has 0 atom stereocenters. The number of aromatic nitrogens is 1. The van der Waals surface area contributed by atoms with Gasteiger partial charge in [0, 0.05) is 22.5 Å². The largest absolute Gasteiger partial charge is 0.507 e. The number of aryl methyl sites for hydroxylation is 1. The molecule has 0 saturated heterocycles. The summed E-state index contributed by atoms with van der Waals surface area (Å²) in [5, 5.41) is 10.6. The van der Waals surface area contributed by atoms with Crippen molar-refractivity contribution in [2.75, 3.05) is 0 Å². The van der Waals surface area contributed by atoms with E-state index in [0.29, 0.717) is 16.6 Å². The second-order valence-corrected chi connectivity index (χ2v) is 4.56. The average molecular weight is 251 g/mol. The maximum atomic E-state index is 12.1. The van der Waals surface area contributed by atoms with Gasteiger partial charge in [-0.3, -0.25) is 4.79 Å². The first-order chi connectivity index (χ1) is 9.16. The molecule has 2 N–H and O–H groups in total. The van der Waals surface area contributed by atoms with E-state index in [1.165, 1.54) is 6.07 Å². The van der Waals surface area contributed by atoms with Crippen LogP contribution in [0.15, 0.2) is 53.3 Å². The third kappa shape index (κ3) is 1.89. The van der Waals surface area contributed by atoms with Crippen LogP contribution in [0.1, 0.15) is 5.56 Å². The molecule has 3 nitrogen and oxygen atoms in total. The summed E-state index contributed by atoms with van der Waals surface area (Å²) in [6.45, 7) is 1.91. The summed E-state index contributed by atoms with van der Waals surface area (Å²) in [6, 6.07) is 14.2. The van der Waals surface area contributed by atoms with E-state index in [1.807, 2.05) is 31.2 Å². The van der Waals surface area contributed by atoms with Crippen LogP contribution in [0.25, 0.3) is 22.2 Å². The van der Waals surface area contributed by atoms with Gasteiger partial charge in [0.25, 0.3) is 0 Å². The fourth-order valence-electron chi connectivity index (χ4n) is 2.33. The number of nitrogens with one attached hydrogen (secondary N) is 1. The van der Waals surface area contributed by atoms with Crippen LogP contribution in [0.2, 0.25) is 0 Å². The van der Waals surface area contributed by atoms with E-state index in [0.717, 1.165) is 11.1 Å². The maximum absolute atomic E-state index is 12.1. The Morgan fingerprint density at radius 1 is 1.05 bits per heavy atom. The zero-order valence-corrected chi connectivity index (χ0v) is 10.5. The molecular formula is C16H13NO2. The lowest BCUT2D eigenvalue weighted by Crippen LogP contribution is -2.03. The molecule has 3 rings (SSSR count). The lowest BCUT2D eigenvalue weighted by molar-refractivity contribution is 0.477. The van der Waals surface area contributed by atoms with E-state index in [-0.39, 0.29) is 11.2 Å². The molecule has 0 amide bonds. The van der Waals surface area contributed by atoms with Gasteiger partial charge in [-0.15, -0.1) is 0 Å². The summed E-state index contributed by atoms with van der Waals surface area (Å²) < 4.78 is 0. The Hall–Kier alpha value is -2.55. The zero-order chi connectivity index (χ0) is 13.4. The highest BCUT2D eigenvalue weighted by Crippen LogP contribution is 2.30. The van der Waals surface area contributed by atoms with Crippen LogP contribution in [-0.2, 0) is 0 Å². The molecule has 3 aromatic rings. The Kier molecular flexibility index (Phi) is 2.60. The molecule has 19 heavy (non-hydrogen) atoms. The van der Waals surface area contributed by atoms with Gasteiger partial charge in [-0.2, -0.15) is 0 Å². The minimum absolute atomic E-state index is 0.0491. The molecule has 0 fully saturated rings. The van der Waals surface area contributed by atoms with E-state index in [9.17, 15) is 9.90 Å². The highest BCUT2D eigenvalue weighted by atomic mass is 16.3.